The maximum Gasteiger partial charge on any atom is 0.119 e. The van der Waals surface area contributed by atoms with Crippen molar-refractivity contribution in [3.63, 3.8) is 0 Å². The third-order valence-corrected chi connectivity index (χ3v) is 8.05. The maximum absolute atomic E-state index is 12.1. The average molecular weight is 357 g/mol. The van der Waals surface area contributed by atoms with Gasteiger partial charge in [0.05, 0.1) is 18.8 Å². The fourth-order valence-corrected chi connectivity index (χ4v) is 6.42. The Hall–Kier alpha value is -1.10. The van der Waals surface area contributed by atoms with Gasteiger partial charge in [-0.25, -0.2) is 0 Å². The molecule has 4 atom stereocenters. The number of rotatable bonds is 3. The van der Waals surface area contributed by atoms with Crippen LogP contribution < -0.4 is 4.74 Å². The molecule has 0 aromatic heterocycles. The molecule has 5 rings (SSSR count). The predicted octanol–water partition coefficient (Wildman–Crippen LogP) is 2.64. The van der Waals surface area contributed by atoms with Crippen LogP contribution in [0.2, 0.25) is 0 Å². The van der Waals surface area contributed by atoms with Gasteiger partial charge >= 0.3 is 0 Å². The number of hydrogen-bond acceptors (Lipinski definition) is 4. The summed E-state index contributed by atoms with van der Waals surface area (Å²) in [7, 11) is 1.70. The number of nitrogens with zero attached hydrogens (tertiary/aromatic N) is 1. The largest absolute Gasteiger partial charge is 0.497 e. The standard InChI is InChI=1S/C22H31NO3/c1-26-18-6-5-16-11-20-22(25)8-7-17(24)13-21(22,19(16)12-18)9-10-23(20)14-15-3-2-4-15/h5-6,12,15,17,20,24-25H,2-4,7-11,13-14H2,1H3/t17-,20+,21+,22+/m0/s1. The number of aliphatic hydroxyl groups is 2. The second-order valence-corrected chi connectivity index (χ2v) is 9.19. The van der Waals surface area contributed by atoms with E-state index in [4.69, 9.17) is 4.74 Å². The molecule has 2 bridgehead atoms. The zero-order valence-corrected chi connectivity index (χ0v) is 15.8. The van der Waals surface area contributed by atoms with Crippen LogP contribution >= 0.6 is 0 Å². The molecule has 1 heterocycles. The van der Waals surface area contributed by atoms with E-state index in [1.165, 1.54) is 30.4 Å². The minimum absolute atomic E-state index is 0.185. The Labute approximate surface area is 156 Å². The van der Waals surface area contributed by atoms with Crippen LogP contribution in [0.1, 0.15) is 56.1 Å². The molecule has 1 aromatic rings. The molecule has 4 heteroatoms. The lowest BCUT2D eigenvalue weighted by Crippen LogP contribution is -2.73. The lowest BCUT2D eigenvalue weighted by atomic mass is 9.49. The molecule has 0 amide bonds. The minimum Gasteiger partial charge on any atom is -0.497 e. The molecule has 0 unspecified atom stereocenters. The van der Waals surface area contributed by atoms with Crippen molar-refractivity contribution in [2.24, 2.45) is 5.92 Å². The van der Waals surface area contributed by atoms with Crippen LogP contribution in [0, 0.1) is 5.92 Å². The third-order valence-electron chi connectivity index (χ3n) is 8.05. The van der Waals surface area contributed by atoms with Gasteiger partial charge in [-0.1, -0.05) is 12.5 Å². The highest BCUT2D eigenvalue weighted by molar-refractivity contribution is 5.48. The summed E-state index contributed by atoms with van der Waals surface area (Å²) in [5.41, 5.74) is 1.52. The molecular formula is C22H31NO3. The first-order valence-electron chi connectivity index (χ1n) is 10.4. The first-order valence-corrected chi connectivity index (χ1v) is 10.4. The number of fused-ring (bicyclic) bond motifs is 1. The molecule has 0 spiro atoms. The molecule has 2 N–H and O–H groups in total. The van der Waals surface area contributed by atoms with Crippen LogP contribution in [0.25, 0.3) is 0 Å². The molecule has 3 fully saturated rings. The number of piperidine rings is 1. The highest BCUT2D eigenvalue weighted by atomic mass is 16.5. The zero-order valence-electron chi connectivity index (χ0n) is 15.8. The zero-order chi connectivity index (χ0) is 17.9. The van der Waals surface area contributed by atoms with Crippen molar-refractivity contribution in [1.29, 1.82) is 0 Å². The van der Waals surface area contributed by atoms with Gasteiger partial charge < -0.3 is 14.9 Å². The number of hydrogen-bond donors (Lipinski definition) is 2. The number of ether oxygens (including phenoxy) is 1. The Morgan fingerprint density at radius 2 is 2.08 bits per heavy atom. The van der Waals surface area contributed by atoms with Crippen molar-refractivity contribution in [3.8, 4) is 5.75 Å². The van der Waals surface area contributed by atoms with Gasteiger partial charge in [0.1, 0.15) is 5.75 Å². The summed E-state index contributed by atoms with van der Waals surface area (Å²) >= 11 is 0. The van der Waals surface area contributed by atoms with E-state index >= 15 is 0 Å². The summed E-state index contributed by atoms with van der Waals surface area (Å²) in [5, 5.41) is 22.6. The quantitative estimate of drug-likeness (QED) is 0.873. The molecule has 1 aromatic carbocycles. The third kappa shape index (κ3) is 2.25. The summed E-state index contributed by atoms with van der Waals surface area (Å²) in [4.78, 5) is 2.59. The van der Waals surface area contributed by atoms with Gasteiger partial charge in [0.15, 0.2) is 0 Å². The first kappa shape index (κ1) is 17.0. The molecule has 1 aliphatic heterocycles. The van der Waals surface area contributed by atoms with E-state index in [2.05, 4.69) is 17.0 Å². The van der Waals surface area contributed by atoms with Crippen molar-refractivity contribution in [2.75, 3.05) is 20.2 Å². The Morgan fingerprint density at radius 3 is 2.81 bits per heavy atom. The summed E-state index contributed by atoms with van der Waals surface area (Å²) in [6.45, 7) is 2.17. The second kappa shape index (κ2) is 5.95. The Morgan fingerprint density at radius 1 is 1.23 bits per heavy atom. The number of likely N-dealkylation sites (tertiary alicyclic amines) is 1. The SMILES string of the molecule is COc1ccc2c(c1)[C@]13CCN(CC4CCC4)[C@H](C2)[C@]1(O)CC[C@H](O)C3. The van der Waals surface area contributed by atoms with Crippen LogP contribution in [-0.2, 0) is 11.8 Å². The molecule has 4 nitrogen and oxygen atoms in total. The van der Waals surface area contributed by atoms with Gasteiger partial charge in [0.2, 0.25) is 0 Å². The van der Waals surface area contributed by atoms with E-state index in [1.807, 2.05) is 6.07 Å². The van der Waals surface area contributed by atoms with Gasteiger partial charge in [-0.05, 0) is 80.7 Å². The van der Waals surface area contributed by atoms with E-state index in [1.54, 1.807) is 7.11 Å². The van der Waals surface area contributed by atoms with E-state index in [0.717, 1.165) is 37.6 Å². The molecule has 2 saturated carbocycles. The molecular weight excluding hydrogens is 326 g/mol. The van der Waals surface area contributed by atoms with Crippen molar-refractivity contribution in [2.45, 2.75) is 74.5 Å². The van der Waals surface area contributed by atoms with E-state index < -0.39 is 5.60 Å². The molecule has 142 valence electrons. The summed E-state index contributed by atoms with van der Waals surface area (Å²) in [6, 6.07) is 6.56. The van der Waals surface area contributed by atoms with E-state index in [0.29, 0.717) is 19.3 Å². The Balaban J connectivity index is 1.59. The van der Waals surface area contributed by atoms with Crippen LogP contribution in [0.15, 0.2) is 18.2 Å². The maximum atomic E-state index is 12.1. The predicted molar refractivity (Wildman–Crippen MR) is 101 cm³/mol. The van der Waals surface area contributed by atoms with Crippen molar-refractivity contribution >= 4 is 0 Å². The van der Waals surface area contributed by atoms with Crippen LogP contribution in [0.4, 0.5) is 0 Å². The summed E-state index contributed by atoms with van der Waals surface area (Å²) in [6.07, 6.45) is 7.69. The van der Waals surface area contributed by atoms with Crippen LogP contribution in [-0.4, -0.2) is 53.1 Å². The fraction of sp³-hybridized carbons (Fsp3) is 0.727. The van der Waals surface area contributed by atoms with E-state index in [9.17, 15) is 10.2 Å². The Bertz CT molecular complexity index is 703. The van der Waals surface area contributed by atoms with Gasteiger partial charge in [-0.15, -0.1) is 0 Å². The molecule has 0 radical (unpaired) electrons. The lowest BCUT2D eigenvalue weighted by Gasteiger charge is -2.64. The highest BCUT2D eigenvalue weighted by Gasteiger charge is 2.64. The van der Waals surface area contributed by atoms with Gasteiger partial charge in [0.25, 0.3) is 0 Å². The average Bonchev–Trinajstić information content (AvgIpc) is 2.60. The lowest BCUT2D eigenvalue weighted by molar-refractivity contribution is -0.184. The number of methoxy groups -OCH3 is 1. The van der Waals surface area contributed by atoms with Crippen LogP contribution in [0.5, 0.6) is 5.75 Å². The minimum atomic E-state index is -0.729. The van der Waals surface area contributed by atoms with Gasteiger partial charge in [-0.2, -0.15) is 0 Å². The summed E-state index contributed by atoms with van der Waals surface area (Å²) in [5.74, 6) is 1.67. The van der Waals surface area contributed by atoms with Gasteiger partial charge in [0, 0.05) is 18.0 Å². The molecule has 1 saturated heterocycles. The molecule has 3 aliphatic carbocycles. The smallest absolute Gasteiger partial charge is 0.119 e. The normalized spacial score (nSPS) is 39.7. The Kier molecular flexibility index (Phi) is 3.90. The van der Waals surface area contributed by atoms with Crippen molar-refractivity contribution < 1.29 is 14.9 Å². The fourth-order valence-electron chi connectivity index (χ4n) is 6.42. The topological polar surface area (TPSA) is 52.9 Å². The number of aliphatic hydroxyl groups excluding tert-OH is 1. The van der Waals surface area contributed by atoms with Gasteiger partial charge in [-0.3, -0.25) is 4.90 Å². The molecule has 26 heavy (non-hydrogen) atoms. The monoisotopic (exact) mass is 357 g/mol. The number of benzene rings is 1. The van der Waals surface area contributed by atoms with E-state index in [-0.39, 0.29) is 17.6 Å². The second-order valence-electron chi connectivity index (χ2n) is 9.19. The molecule has 4 aliphatic rings. The highest BCUT2D eigenvalue weighted by Crippen LogP contribution is 2.58. The van der Waals surface area contributed by atoms with Crippen LogP contribution in [0.3, 0.4) is 0 Å². The first-order chi connectivity index (χ1) is 12.6. The van der Waals surface area contributed by atoms with Crippen molar-refractivity contribution in [3.05, 3.63) is 29.3 Å². The summed E-state index contributed by atoms with van der Waals surface area (Å²) < 4.78 is 5.50. The van der Waals surface area contributed by atoms with Crippen molar-refractivity contribution in [1.82, 2.24) is 4.90 Å².